The van der Waals surface area contributed by atoms with Crippen molar-refractivity contribution in [1.82, 2.24) is 0 Å². The summed E-state index contributed by atoms with van der Waals surface area (Å²) in [5.41, 5.74) is 0. The molecule has 0 unspecified atom stereocenters. The van der Waals surface area contributed by atoms with E-state index in [-0.39, 0.29) is 0 Å². The first kappa shape index (κ1) is 5.93. The van der Waals surface area contributed by atoms with Gasteiger partial charge in [0.1, 0.15) is 7.28 Å². The van der Waals surface area contributed by atoms with Crippen molar-refractivity contribution in [3.05, 3.63) is 12.2 Å². The fourth-order valence-electron chi connectivity index (χ4n) is 1.17. The average Bonchev–Trinajstić information content (AvgIpc) is 1.64. The molecule has 0 spiro atoms. The minimum Gasteiger partial charge on any atom is -0.0936 e. The highest BCUT2D eigenvalue weighted by Gasteiger charge is 2.10. The molecule has 0 nitrogen and oxygen atoms in total. The highest BCUT2D eigenvalue weighted by atomic mass is 14.0. The van der Waals surface area contributed by atoms with Gasteiger partial charge in [-0.3, -0.25) is 0 Å². The lowest BCUT2D eigenvalue weighted by molar-refractivity contribution is 0.886. The van der Waals surface area contributed by atoms with Crippen LogP contribution in [0.5, 0.6) is 0 Å². The van der Waals surface area contributed by atoms with Crippen molar-refractivity contribution in [2.24, 2.45) is 0 Å². The summed E-state index contributed by atoms with van der Waals surface area (Å²) in [7, 11) is 2.39. The predicted molar refractivity (Wildman–Crippen MR) is 38.4 cm³/mol. The SMILES string of the molecule is C[C@@H]1[B][C@H](C)C=CC1. The van der Waals surface area contributed by atoms with E-state index >= 15 is 0 Å². The fraction of sp³-hybridized carbons (Fsp3) is 0.714. The van der Waals surface area contributed by atoms with Gasteiger partial charge in [-0.05, 0) is 6.42 Å². The van der Waals surface area contributed by atoms with Crippen LogP contribution in [0.3, 0.4) is 0 Å². The third-order valence-corrected chi connectivity index (χ3v) is 1.58. The van der Waals surface area contributed by atoms with Gasteiger partial charge in [-0.2, -0.15) is 0 Å². The Kier molecular flexibility index (Phi) is 1.77. The molecule has 1 heterocycles. The molecule has 8 heavy (non-hydrogen) atoms. The Hall–Kier alpha value is -0.195. The van der Waals surface area contributed by atoms with Gasteiger partial charge in [0.25, 0.3) is 0 Å². The van der Waals surface area contributed by atoms with E-state index in [1.165, 1.54) is 6.42 Å². The van der Waals surface area contributed by atoms with Gasteiger partial charge < -0.3 is 0 Å². The first-order valence-corrected chi connectivity index (χ1v) is 3.30. The summed E-state index contributed by atoms with van der Waals surface area (Å²) in [5.74, 6) is 1.51. The van der Waals surface area contributed by atoms with Crippen molar-refractivity contribution in [2.75, 3.05) is 0 Å². The van der Waals surface area contributed by atoms with E-state index in [1.807, 2.05) is 0 Å². The maximum absolute atomic E-state index is 2.39. The molecule has 0 amide bonds. The van der Waals surface area contributed by atoms with Crippen LogP contribution < -0.4 is 0 Å². The molecular formula is C7H12B. The summed E-state index contributed by atoms with van der Waals surface area (Å²) in [6.45, 7) is 4.49. The molecule has 1 aliphatic heterocycles. The van der Waals surface area contributed by atoms with Crippen molar-refractivity contribution < 1.29 is 0 Å². The lowest BCUT2D eigenvalue weighted by Crippen LogP contribution is -2.07. The predicted octanol–water partition coefficient (Wildman–Crippen LogP) is 2.27. The molecule has 0 aliphatic carbocycles. The number of hydrogen-bond donors (Lipinski definition) is 0. The molecule has 0 bridgehead atoms. The first-order chi connectivity index (χ1) is 3.79. The molecule has 1 heteroatoms. The van der Waals surface area contributed by atoms with E-state index in [9.17, 15) is 0 Å². The van der Waals surface area contributed by atoms with Crippen LogP contribution in [0.4, 0.5) is 0 Å². The third kappa shape index (κ3) is 1.39. The van der Waals surface area contributed by atoms with Gasteiger partial charge in [0, 0.05) is 0 Å². The van der Waals surface area contributed by atoms with Crippen LogP contribution in [0.1, 0.15) is 20.3 Å². The van der Waals surface area contributed by atoms with Crippen LogP contribution in [-0.2, 0) is 0 Å². The van der Waals surface area contributed by atoms with Gasteiger partial charge in [-0.25, -0.2) is 0 Å². The van der Waals surface area contributed by atoms with E-state index in [1.54, 1.807) is 0 Å². The Labute approximate surface area is 52.2 Å². The quantitative estimate of drug-likeness (QED) is 0.329. The molecule has 0 saturated carbocycles. The zero-order valence-corrected chi connectivity index (χ0v) is 5.59. The Balaban J connectivity index is 2.42. The van der Waals surface area contributed by atoms with E-state index in [0.717, 1.165) is 5.82 Å². The summed E-state index contributed by atoms with van der Waals surface area (Å²) in [5, 5.41) is 0. The molecule has 0 aromatic rings. The van der Waals surface area contributed by atoms with E-state index in [0.29, 0.717) is 5.82 Å². The number of hydrogen-bond acceptors (Lipinski definition) is 0. The third-order valence-electron chi connectivity index (χ3n) is 1.58. The van der Waals surface area contributed by atoms with E-state index in [2.05, 4.69) is 33.3 Å². The monoisotopic (exact) mass is 107 g/mol. The van der Waals surface area contributed by atoms with Crippen LogP contribution >= 0.6 is 0 Å². The summed E-state index contributed by atoms with van der Waals surface area (Å²) in [6, 6.07) is 0. The fourth-order valence-corrected chi connectivity index (χ4v) is 1.17. The smallest absolute Gasteiger partial charge is 0.0936 e. The maximum atomic E-state index is 2.39. The summed E-state index contributed by atoms with van der Waals surface area (Å²) >= 11 is 0. The van der Waals surface area contributed by atoms with Gasteiger partial charge in [-0.1, -0.05) is 37.6 Å². The van der Waals surface area contributed by atoms with Gasteiger partial charge in [0.05, 0.1) is 0 Å². The van der Waals surface area contributed by atoms with Crippen molar-refractivity contribution in [3.63, 3.8) is 0 Å². The van der Waals surface area contributed by atoms with Crippen LogP contribution in [0.15, 0.2) is 12.2 Å². The van der Waals surface area contributed by atoms with Gasteiger partial charge in [0.2, 0.25) is 0 Å². The standard InChI is InChI=1S/C7H12B/c1-6-4-3-5-7(2)8-6/h3-4,6-7H,5H2,1-2H3/t6-,7+/m1/s1. The second-order valence-corrected chi connectivity index (χ2v) is 2.69. The molecule has 2 atom stereocenters. The lowest BCUT2D eigenvalue weighted by Gasteiger charge is -2.15. The molecule has 0 aromatic heterocycles. The highest BCUT2D eigenvalue weighted by Crippen LogP contribution is 2.22. The molecule has 0 N–H and O–H groups in total. The van der Waals surface area contributed by atoms with Crippen LogP contribution in [0.25, 0.3) is 0 Å². The molecule has 1 radical (unpaired) electrons. The van der Waals surface area contributed by atoms with E-state index in [4.69, 9.17) is 0 Å². The topological polar surface area (TPSA) is 0 Å². The average molecular weight is 107 g/mol. The minimum atomic E-state index is 0.707. The second kappa shape index (κ2) is 2.39. The lowest BCUT2D eigenvalue weighted by atomic mass is 9.53. The zero-order chi connectivity index (χ0) is 5.98. The van der Waals surface area contributed by atoms with Crippen LogP contribution in [0.2, 0.25) is 11.6 Å². The minimum absolute atomic E-state index is 0.707. The van der Waals surface area contributed by atoms with Crippen molar-refractivity contribution in [2.45, 2.75) is 31.9 Å². The van der Waals surface area contributed by atoms with E-state index < -0.39 is 0 Å². The van der Waals surface area contributed by atoms with Gasteiger partial charge >= 0.3 is 0 Å². The van der Waals surface area contributed by atoms with Crippen molar-refractivity contribution >= 4 is 7.28 Å². The van der Waals surface area contributed by atoms with Gasteiger partial charge in [0.15, 0.2) is 0 Å². The van der Waals surface area contributed by atoms with Crippen LogP contribution in [0, 0.1) is 0 Å². The summed E-state index contributed by atoms with van der Waals surface area (Å²) < 4.78 is 0. The normalized spacial score (nSPS) is 36.8. The maximum Gasteiger partial charge on any atom is 0.122 e. The molecule has 43 valence electrons. The van der Waals surface area contributed by atoms with Crippen molar-refractivity contribution in [3.8, 4) is 0 Å². The number of rotatable bonds is 0. The molecule has 0 saturated heterocycles. The Bertz CT molecular complexity index is 96.6. The summed E-state index contributed by atoms with van der Waals surface area (Å²) in [6.07, 6.45) is 5.78. The summed E-state index contributed by atoms with van der Waals surface area (Å²) in [4.78, 5) is 0. The first-order valence-electron chi connectivity index (χ1n) is 3.30. The van der Waals surface area contributed by atoms with Gasteiger partial charge in [-0.15, -0.1) is 0 Å². The highest BCUT2D eigenvalue weighted by molar-refractivity contribution is 6.40. The second-order valence-electron chi connectivity index (χ2n) is 2.69. The zero-order valence-electron chi connectivity index (χ0n) is 5.59. The molecular weight excluding hydrogens is 94.9 g/mol. The molecule has 1 aliphatic rings. The molecule has 0 fully saturated rings. The molecule has 0 aromatic carbocycles. The Morgan fingerprint density at radius 1 is 1.50 bits per heavy atom. The van der Waals surface area contributed by atoms with Crippen molar-refractivity contribution in [1.29, 1.82) is 0 Å². The van der Waals surface area contributed by atoms with Crippen LogP contribution in [-0.4, -0.2) is 7.28 Å². The Morgan fingerprint density at radius 3 is 2.62 bits per heavy atom. The number of allylic oxidation sites excluding steroid dienone is 2. The Morgan fingerprint density at radius 2 is 2.25 bits per heavy atom. The largest absolute Gasteiger partial charge is 0.122 e. The molecule has 1 rings (SSSR count).